The number of rotatable bonds is 4. The summed E-state index contributed by atoms with van der Waals surface area (Å²) in [6.07, 6.45) is 0. The van der Waals surface area contributed by atoms with E-state index in [0.29, 0.717) is 10.0 Å². The second kappa shape index (κ2) is 6.51. The lowest BCUT2D eigenvalue weighted by Crippen LogP contribution is -2.21. The molecule has 0 fully saturated rings. The number of hydrogen-bond acceptors (Lipinski definition) is 3. The number of thiophene rings is 1. The molecule has 1 aromatic carbocycles. The van der Waals surface area contributed by atoms with E-state index in [9.17, 15) is 0 Å². The first-order valence-electron chi connectivity index (χ1n) is 5.91. The number of thioether (sulfide) groups is 1. The van der Waals surface area contributed by atoms with Gasteiger partial charge in [0, 0.05) is 25.7 Å². The van der Waals surface area contributed by atoms with Crippen LogP contribution >= 0.6 is 46.3 Å². The molecule has 0 amide bonds. The zero-order valence-corrected chi connectivity index (χ0v) is 13.8. The Morgan fingerprint density at radius 2 is 1.95 bits per heavy atom. The van der Waals surface area contributed by atoms with Gasteiger partial charge in [0.1, 0.15) is 0 Å². The molecule has 0 spiro atoms. The van der Waals surface area contributed by atoms with Gasteiger partial charge >= 0.3 is 0 Å². The second-order valence-electron chi connectivity index (χ2n) is 4.42. The SMILES string of the molecule is Cc1ccc(C(Sc2cc(Cl)ccc2Cl)C(C)N)s1. The van der Waals surface area contributed by atoms with Gasteiger partial charge in [-0.1, -0.05) is 23.2 Å². The summed E-state index contributed by atoms with van der Waals surface area (Å²) in [5.41, 5.74) is 6.12. The Morgan fingerprint density at radius 1 is 1.21 bits per heavy atom. The third kappa shape index (κ3) is 3.89. The fourth-order valence-electron chi connectivity index (χ4n) is 1.74. The van der Waals surface area contributed by atoms with Crippen LogP contribution in [0.5, 0.6) is 0 Å². The van der Waals surface area contributed by atoms with Gasteiger partial charge in [-0.2, -0.15) is 0 Å². The molecule has 102 valence electrons. The average molecular weight is 332 g/mol. The Labute approximate surface area is 132 Å². The first-order chi connectivity index (χ1) is 8.97. The number of benzene rings is 1. The molecule has 2 N–H and O–H groups in total. The lowest BCUT2D eigenvalue weighted by molar-refractivity contribution is 0.730. The van der Waals surface area contributed by atoms with Crippen molar-refractivity contribution < 1.29 is 0 Å². The molecule has 2 unspecified atom stereocenters. The van der Waals surface area contributed by atoms with Gasteiger partial charge in [-0.15, -0.1) is 23.1 Å². The van der Waals surface area contributed by atoms with Crippen molar-refractivity contribution in [2.24, 2.45) is 5.73 Å². The number of aryl methyl sites for hydroxylation is 1. The Bertz CT molecular complexity index is 566. The fraction of sp³-hybridized carbons (Fsp3) is 0.286. The monoisotopic (exact) mass is 331 g/mol. The quantitative estimate of drug-likeness (QED) is 0.744. The summed E-state index contributed by atoms with van der Waals surface area (Å²) in [4.78, 5) is 3.54. The predicted molar refractivity (Wildman–Crippen MR) is 87.8 cm³/mol. The topological polar surface area (TPSA) is 26.0 Å². The molecule has 0 aliphatic heterocycles. The minimum absolute atomic E-state index is 0.0399. The highest BCUT2D eigenvalue weighted by atomic mass is 35.5. The van der Waals surface area contributed by atoms with Gasteiger partial charge in [0.2, 0.25) is 0 Å². The van der Waals surface area contributed by atoms with Gasteiger partial charge in [-0.05, 0) is 44.2 Å². The summed E-state index contributed by atoms with van der Waals surface area (Å²) in [6.45, 7) is 4.12. The summed E-state index contributed by atoms with van der Waals surface area (Å²) in [7, 11) is 0. The van der Waals surface area contributed by atoms with E-state index in [1.165, 1.54) is 9.75 Å². The highest BCUT2D eigenvalue weighted by molar-refractivity contribution is 7.99. The summed E-state index contributed by atoms with van der Waals surface area (Å²) in [6, 6.07) is 9.81. The predicted octanol–water partition coefficient (Wildman–Crippen LogP) is 5.54. The minimum Gasteiger partial charge on any atom is -0.327 e. The minimum atomic E-state index is 0.0399. The number of halogens is 2. The molecule has 1 nitrogen and oxygen atoms in total. The zero-order chi connectivity index (χ0) is 14.0. The highest BCUT2D eigenvalue weighted by Crippen LogP contribution is 2.43. The maximum atomic E-state index is 6.22. The molecule has 2 rings (SSSR count). The first kappa shape index (κ1) is 15.2. The van der Waals surface area contributed by atoms with Crippen LogP contribution in [-0.4, -0.2) is 6.04 Å². The molecule has 0 aliphatic carbocycles. The van der Waals surface area contributed by atoms with Crippen molar-refractivity contribution in [2.75, 3.05) is 0 Å². The van der Waals surface area contributed by atoms with E-state index in [0.717, 1.165) is 4.90 Å². The van der Waals surface area contributed by atoms with Crippen molar-refractivity contribution in [3.63, 3.8) is 0 Å². The Morgan fingerprint density at radius 3 is 2.53 bits per heavy atom. The van der Waals surface area contributed by atoms with Crippen LogP contribution in [0.1, 0.15) is 21.9 Å². The summed E-state index contributed by atoms with van der Waals surface area (Å²) >= 11 is 15.7. The van der Waals surface area contributed by atoms with Gasteiger partial charge in [-0.25, -0.2) is 0 Å². The largest absolute Gasteiger partial charge is 0.327 e. The van der Waals surface area contributed by atoms with Crippen LogP contribution < -0.4 is 5.73 Å². The highest BCUT2D eigenvalue weighted by Gasteiger charge is 2.20. The number of nitrogens with two attached hydrogens (primary N) is 1. The molecule has 1 heterocycles. The Balaban J connectivity index is 2.29. The van der Waals surface area contributed by atoms with Crippen LogP contribution in [0.3, 0.4) is 0 Å². The van der Waals surface area contributed by atoms with E-state index in [4.69, 9.17) is 28.9 Å². The van der Waals surface area contributed by atoms with E-state index >= 15 is 0 Å². The number of hydrogen-bond donors (Lipinski definition) is 1. The normalized spacial score (nSPS) is 14.4. The van der Waals surface area contributed by atoms with Crippen molar-refractivity contribution in [2.45, 2.75) is 30.0 Å². The third-order valence-corrected chi connectivity index (χ3v) is 6.10. The maximum absolute atomic E-state index is 6.22. The van der Waals surface area contributed by atoms with Crippen LogP contribution in [-0.2, 0) is 0 Å². The lowest BCUT2D eigenvalue weighted by atomic mass is 10.2. The third-order valence-electron chi connectivity index (χ3n) is 2.67. The van der Waals surface area contributed by atoms with Crippen molar-refractivity contribution in [3.05, 3.63) is 50.1 Å². The van der Waals surface area contributed by atoms with E-state index < -0.39 is 0 Å². The molecule has 5 heteroatoms. The van der Waals surface area contributed by atoms with Gasteiger partial charge in [0.25, 0.3) is 0 Å². The molecular weight excluding hydrogens is 317 g/mol. The van der Waals surface area contributed by atoms with Gasteiger partial charge in [-0.3, -0.25) is 0 Å². The molecule has 2 atom stereocenters. The van der Waals surface area contributed by atoms with Crippen LogP contribution in [0.2, 0.25) is 10.0 Å². The molecule has 0 bridgehead atoms. The standard InChI is InChI=1S/C14H15Cl2NS2/c1-8-3-6-12(18-8)14(9(2)17)19-13-7-10(15)4-5-11(13)16/h3-7,9,14H,17H2,1-2H3. The fourth-order valence-corrected chi connectivity index (χ4v) is 4.55. The van der Waals surface area contributed by atoms with Crippen molar-refractivity contribution >= 4 is 46.3 Å². The van der Waals surface area contributed by atoms with E-state index in [2.05, 4.69) is 19.1 Å². The van der Waals surface area contributed by atoms with E-state index in [-0.39, 0.29) is 11.3 Å². The van der Waals surface area contributed by atoms with Crippen LogP contribution in [0.15, 0.2) is 35.2 Å². The smallest absolute Gasteiger partial charge is 0.0587 e. The first-order valence-corrected chi connectivity index (χ1v) is 8.36. The van der Waals surface area contributed by atoms with E-state index in [1.807, 2.05) is 19.1 Å². The molecular formula is C14H15Cl2NS2. The second-order valence-corrected chi connectivity index (χ2v) is 7.77. The zero-order valence-electron chi connectivity index (χ0n) is 10.7. The van der Waals surface area contributed by atoms with Gasteiger partial charge < -0.3 is 5.73 Å². The average Bonchev–Trinajstić information content (AvgIpc) is 2.76. The van der Waals surface area contributed by atoms with Crippen molar-refractivity contribution in [3.8, 4) is 0 Å². The Hall–Kier alpha value is -0.190. The van der Waals surface area contributed by atoms with Crippen LogP contribution in [0, 0.1) is 6.92 Å². The summed E-state index contributed by atoms with van der Waals surface area (Å²) in [5.74, 6) is 0. The lowest BCUT2D eigenvalue weighted by Gasteiger charge is -2.19. The maximum Gasteiger partial charge on any atom is 0.0587 e. The summed E-state index contributed by atoms with van der Waals surface area (Å²) in [5, 5.41) is 1.60. The molecule has 1 aromatic heterocycles. The molecule has 0 saturated carbocycles. The van der Waals surface area contributed by atoms with Crippen molar-refractivity contribution in [1.82, 2.24) is 0 Å². The molecule has 2 aromatic rings. The van der Waals surface area contributed by atoms with E-state index in [1.54, 1.807) is 29.2 Å². The van der Waals surface area contributed by atoms with Crippen LogP contribution in [0.4, 0.5) is 0 Å². The molecule has 0 radical (unpaired) electrons. The molecule has 19 heavy (non-hydrogen) atoms. The molecule has 0 aliphatic rings. The van der Waals surface area contributed by atoms with Gasteiger partial charge in [0.05, 0.1) is 10.3 Å². The molecule has 0 saturated heterocycles. The van der Waals surface area contributed by atoms with Crippen LogP contribution in [0.25, 0.3) is 0 Å². The summed E-state index contributed by atoms with van der Waals surface area (Å²) < 4.78 is 0. The van der Waals surface area contributed by atoms with Crippen molar-refractivity contribution in [1.29, 1.82) is 0 Å². The Kier molecular flexibility index (Phi) is 5.21. The van der Waals surface area contributed by atoms with Gasteiger partial charge in [0.15, 0.2) is 0 Å².